The van der Waals surface area contributed by atoms with Crippen molar-refractivity contribution in [3.63, 3.8) is 0 Å². The van der Waals surface area contributed by atoms with Crippen molar-refractivity contribution < 1.29 is 4.42 Å². The smallest absolute Gasteiger partial charge is 0.127 e. The number of fused-ring (bicyclic) bond motifs is 1. The first-order chi connectivity index (χ1) is 8.24. The Bertz CT molecular complexity index is 632. The molecule has 0 fully saturated rings. The van der Waals surface area contributed by atoms with Crippen LogP contribution in [0.5, 0.6) is 0 Å². The maximum absolute atomic E-state index is 5.58. The lowest BCUT2D eigenvalue weighted by Gasteiger charge is -1.99. The third kappa shape index (κ3) is 1.72. The predicted molar refractivity (Wildman–Crippen MR) is 70.5 cm³/mol. The Morgan fingerprint density at radius 2 is 1.88 bits per heavy atom. The fraction of sp³-hybridized carbons (Fsp3) is 0.133. The summed E-state index contributed by atoms with van der Waals surface area (Å²) in [6, 6.07) is 12.1. The van der Waals surface area contributed by atoms with Crippen molar-refractivity contribution in [1.82, 2.24) is 0 Å². The second-order valence-corrected chi connectivity index (χ2v) is 4.22. The molecular formula is C15H13NO. The van der Waals surface area contributed by atoms with Crippen molar-refractivity contribution in [3.8, 4) is 0 Å². The maximum Gasteiger partial charge on any atom is 0.127 e. The van der Waals surface area contributed by atoms with Crippen LogP contribution in [0.15, 0.2) is 45.8 Å². The largest absolute Gasteiger partial charge is 0.462 e. The molecule has 0 atom stereocenters. The first-order valence-electron chi connectivity index (χ1n) is 5.67. The molecular weight excluding hydrogens is 210 g/mol. The summed E-state index contributed by atoms with van der Waals surface area (Å²) in [6.07, 6.45) is 2.05. The molecule has 2 heteroatoms. The Hall–Kier alpha value is -2.09. The first kappa shape index (κ1) is 10.1. The summed E-state index contributed by atoms with van der Waals surface area (Å²) >= 11 is 0. The van der Waals surface area contributed by atoms with Gasteiger partial charge in [0.25, 0.3) is 0 Å². The van der Waals surface area contributed by atoms with E-state index in [-0.39, 0.29) is 0 Å². The van der Waals surface area contributed by atoms with Gasteiger partial charge in [0, 0.05) is 16.8 Å². The Morgan fingerprint density at radius 3 is 2.65 bits per heavy atom. The highest BCUT2D eigenvalue weighted by Gasteiger charge is 2.17. The molecule has 0 radical (unpaired) electrons. The van der Waals surface area contributed by atoms with Gasteiger partial charge < -0.3 is 4.42 Å². The number of rotatable bonds is 1. The zero-order valence-electron chi connectivity index (χ0n) is 9.90. The molecule has 2 aromatic rings. The molecule has 17 heavy (non-hydrogen) atoms. The van der Waals surface area contributed by atoms with Gasteiger partial charge in [0.15, 0.2) is 0 Å². The minimum Gasteiger partial charge on any atom is -0.462 e. The number of para-hydroxylation sites is 1. The van der Waals surface area contributed by atoms with Crippen LogP contribution in [-0.4, -0.2) is 5.71 Å². The molecule has 2 heterocycles. The number of aryl methyl sites for hydroxylation is 1. The topological polar surface area (TPSA) is 25.5 Å². The van der Waals surface area contributed by atoms with Gasteiger partial charge in [-0.2, -0.15) is 0 Å². The standard InChI is InChI=1S/C15H13NO/c1-10-7-8-12(17-10)9-14-11(2)16-15-6-4-3-5-13(14)15/h3-9H,1-2H3/b14-9+. The molecule has 0 saturated carbocycles. The summed E-state index contributed by atoms with van der Waals surface area (Å²) in [5.74, 6) is 1.81. The van der Waals surface area contributed by atoms with E-state index in [1.54, 1.807) is 0 Å². The van der Waals surface area contributed by atoms with Crippen molar-refractivity contribution in [2.24, 2.45) is 4.99 Å². The van der Waals surface area contributed by atoms with Gasteiger partial charge in [-0.25, -0.2) is 0 Å². The zero-order valence-corrected chi connectivity index (χ0v) is 9.90. The number of allylic oxidation sites excluding steroid dienone is 1. The SMILES string of the molecule is CC1=Nc2ccccc2/C1=C/c1ccc(C)o1. The van der Waals surface area contributed by atoms with Crippen molar-refractivity contribution >= 4 is 23.0 Å². The molecule has 0 saturated heterocycles. The van der Waals surface area contributed by atoms with Gasteiger partial charge >= 0.3 is 0 Å². The molecule has 0 amide bonds. The number of furan rings is 1. The quantitative estimate of drug-likeness (QED) is 0.710. The van der Waals surface area contributed by atoms with Crippen LogP contribution in [0.4, 0.5) is 5.69 Å². The monoisotopic (exact) mass is 223 g/mol. The Morgan fingerprint density at radius 1 is 1.06 bits per heavy atom. The molecule has 3 rings (SSSR count). The van der Waals surface area contributed by atoms with E-state index in [4.69, 9.17) is 4.42 Å². The van der Waals surface area contributed by atoms with Crippen molar-refractivity contribution in [2.75, 3.05) is 0 Å². The van der Waals surface area contributed by atoms with Gasteiger partial charge in [-0.05, 0) is 38.1 Å². The van der Waals surface area contributed by atoms with Gasteiger partial charge in [0.05, 0.1) is 5.69 Å². The molecule has 0 spiro atoms. The molecule has 0 N–H and O–H groups in total. The third-order valence-electron chi connectivity index (χ3n) is 2.92. The van der Waals surface area contributed by atoms with Crippen LogP contribution >= 0.6 is 0 Å². The number of hydrogen-bond acceptors (Lipinski definition) is 2. The minimum absolute atomic E-state index is 0.878. The summed E-state index contributed by atoms with van der Waals surface area (Å²) in [6.45, 7) is 3.98. The molecule has 1 aliphatic heterocycles. The molecule has 0 bridgehead atoms. The number of aliphatic imine (C=N–C) groups is 1. The lowest BCUT2D eigenvalue weighted by atomic mass is 10.0. The Balaban J connectivity index is 2.10. The summed E-state index contributed by atoms with van der Waals surface area (Å²) in [5, 5.41) is 0. The second-order valence-electron chi connectivity index (χ2n) is 4.22. The van der Waals surface area contributed by atoms with Crippen molar-refractivity contribution in [1.29, 1.82) is 0 Å². The first-order valence-corrected chi connectivity index (χ1v) is 5.67. The molecule has 1 aliphatic rings. The zero-order chi connectivity index (χ0) is 11.8. The van der Waals surface area contributed by atoms with E-state index < -0.39 is 0 Å². The van der Waals surface area contributed by atoms with Crippen LogP contribution in [0.2, 0.25) is 0 Å². The van der Waals surface area contributed by atoms with E-state index in [2.05, 4.69) is 17.1 Å². The summed E-state index contributed by atoms with van der Waals surface area (Å²) in [7, 11) is 0. The van der Waals surface area contributed by atoms with Gasteiger partial charge in [-0.3, -0.25) is 4.99 Å². The van der Waals surface area contributed by atoms with E-state index in [0.717, 1.165) is 28.5 Å². The van der Waals surface area contributed by atoms with Crippen LogP contribution in [0.3, 0.4) is 0 Å². The molecule has 0 unspecified atom stereocenters. The Labute approximate surface area is 100 Å². The number of benzene rings is 1. The van der Waals surface area contributed by atoms with Gasteiger partial charge in [0.1, 0.15) is 11.5 Å². The maximum atomic E-state index is 5.58. The van der Waals surface area contributed by atoms with Gasteiger partial charge in [-0.15, -0.1) is 0 Å². The van der Waals surface area contributed by atoms with E-state index in [1.165, 1.54) is 5.56 Å². The predicted octanol–water partition coefficient (Wildman–Crippen LogP) is 4.23. The van der Waals surface area contributed by atoms with Gasteiger partial charge in [-0.1, -0.05) is 18.2 Å². The molecule has 0 aliphatic carbocycles. The van der Waals surface area contributed by atoms with Crippen molar-refractivity contribution in [3.05, 3.63) is 53.5 Å². The van der Waals surface area contributed by atoms with E-state index >= 15 is 0 Å². The average Bonchev–Trinajstić information content (AvgIpc) is 2.85. The molecule has 84 valence electrons. The van der Waals surface area contributed by atoms with Crippen LogP contribution in [0.25, 0.3) is 11.6 Å². The fourth-order valence-corrected chi connectivity index (χ4v) is 2.09. The van der Waals surface area contributed by atoms with Crippen LogP contribution in [-0.2, 0) is 0 Å². The molecule has 2 nitrogen and oxygen atoms in total. The summed E-state index contributed by atoms with van der Waals surface area (Å²) in [5.41, 5.74) is 4.41. The van der Waals surface area contributed by atoms with E-state index in [0.29, 0.717) is 0 Å². The summed E-state index contributed by atoms with van der Waals surface area (Å²) in [4.78, 5) is 4.54. The van der Waals surface area contributed by atoms with Crippen LogP contribution < -0.4 is 0 Å². The lowest BCUT2D eigenvalue weighted by Crippen LogP contribution is -1.89. The highest BCUT2D eigenvalue weighted by Crippen LogP contribution is 2.35. The van der Waals surface area contributed by atoms with Crippen molar-refractivity contribution in [2.45, 2.75) is 13.8 Å². The fourth-order valence-electron chi connectivity index (χ4n) is 2.09. The highest BCUT2D eigenvalue weighted by atomic mass is 16.3. The average molecular weight is 223 g/mol. The molecule has 1 aromatic heterocycles. The Kier molecular flexibility index (Phi) is 2.22. The van der Waals surface area contributed by atoms with Crippen LogP contribution in [0, 0.1) is 6.92 Å². The van der Waals surface area contributed by atoms with E-state index in [9.17, 15) is 0 Å². The van der Waals surface area contributed by atoms with E-state index in [1.807, 2.05) is 44.2 Å². The lowest BCUT2D eigenvalue weighted by molar-refractivity contribution is 0.525. The summed E-state index contributed by atoms with van der Waals surface area (Å²) < 4.78 is 5.58. The highest BCUT2D eigenvalue weighted by molar-refractivity contribution is 6.31. The normalized spacial score (nSPS) is 16.1. The van der Waals surface area contributed by atoms with Gasteiger partial charge in [0.2, 0.25) is 0 Å². The minimum atomic E-state index is 0.878. The number of hydrogen-bond donors (Lipinski definition) is 0. The van der Waals surface area contributed by atoms with Crippen LogP contribution in [0.1, 0.15) is 24.0 Å². The third-order valence-corrected chi connectivity index (χ3v) is 2.92. The number of nitrogens with zero attached hydrogens (tertiary/aromatic N) is 1. The second kappa shape index (κ2) is 3.74. The molecule has 1 aromatic carbocycles.